The number of rotatable bonds is 5. The van der Waals surface area contributed by atoms with Crippen LogP contribution in [0.2, 0.25) is 5.02 Å². The maximum Gasteiger partial charge on any atom is 0.248 e. The summed E-state index contributed by atoms with van der Waals surface area (Å²) in [5.41, 5.74) is 3.39. The van der Waals surface area contributed by atoms with Gasteiger partial charge < -0.3 is 9.80 Å². The number of carbonyl (C=O) groups is 1. The van der Waals surface area contributed by atoms with Crippen LogP contribution in [0.5, 0.6) is 0 Å². The fourth-order valence-corrected chi connectivity index (χ4v) is 3.91. The minimum absolute atomic E-state index is 0.0450. The number of hydrogen-bond donors (Lipinski definition) is 0. The molecular formula is C21H23ClN6O. The lowest BCUT2D eigenvalue weighted by Gasteiger charge is -2.38. The molecule has 0 saturated carbocycles. The van der Waals surface area contributed by atoms with Crippen LogP contribution < -0.4 is 4.90 Å². The molecule has 3 aromatic rings. The predicted octanol–water partition coefficient (Wildman–Crippen LogP) is 2.77. The van der Waals surface area contributed by atoms with Gasteiger partial charge in [-0.1, -0.05) is 48.0 Å². The van der Waals surface area contributed by atoms with Gasteiger partial charge in [-0.05, 0) is 40.6 Å². The number of aryl methyl sites for hydroxylation is 1. The lowest BCUT2D eigenvalue weighted by atomic mass is 10.0. The van der Waals surface area contributed by atoms with Crippen molar-refractivity contribution in [2.75, 3.05) is 31.1 Å². The number of halogens is 1. The molecule has 4 rings (SSSR count). The molecule has 0 unspecified atom stereocenters. The molecular weight excluding hydrogens is 388 g/mol. The van der Waals surface area contributed by atoms with Crippen LogP contribution in [-0.4, -0.2) is 57.2 Å². The fourth-order valence-electron chi connectivity index (χ4n) is 3.74. The predicted molar refractivity (Wildman–Crippen MR) is 112 cm³/mol. The molecule has 1 saturated heterocycles. The van der Waals surface area contributed by atoms with Gasteiger partial charge in [0.2, 0.25) is 5.91 Å². The van der Waals surface area contributed by atoms with Crippen LogP contribution in [0.3, 0.4) is 0 Å². The lowest BCUT2D eigenvalue weighted by Crippen LogP contribution is -2.51. The SMILES string of the molecule is Cc1ccc(Cl)cc1N1CCN(C(=O)[C@@H](Cc2ccccc2)n2cnnn2)CC1. The highest BCUT2D eigenvalue weighted by molar-refractivity contribution is 6.30. The minimum Gasteiger partial charge on any atom is -0.368 e. The number of hydrogen-bond acceptors (Lipinski definition) is 5. The Bertz CT molecular complexity index is 955. The first kappa shape index (κ1) is 19.4. The molecule has 8 heteroatoms. The van der Waals surface area contributed by atoms with Gasteiger partial charge in [-0.3, -0.25) is 4.79 Å². The zero-order valence-electron chi connectivity index (χ0n) is 16.3. The summed E-state index contributed by atoms with van der Waals surface area (Å²) in [6, 6.07) is 15.4. The Morgan fingerprint density at radius 1 is 1.10 bits per heavy atom. The van der Waals surface area contributed by atoms with E-state index in [9.17, 15) is 4.79 Å². The van der Waals surface area contributed by atoms with E-state index in [0.717, 1.165) is 29.4 Å². The second-order valence-corrected chi connectivity index (χ2v) is 7.67. The van der Waals surface area contributed by atoms with Crippen LogP contribution in [0.1, 0.15) is 17.2 Å². The van der Waals surface area contributed by atoms with Gasteiger partial charge in [-0.2, -0.15) is 0 Å². The quantitative estimate of drug-likeness (QED) is 0.647. The highest BCUT2D eigenvalue weighted by Crippen LogP contribution is 2.26. The summed E-state index contributed by atoms with van der Waals surface area (Å²) < 4.78 is 1.56. The van der Waals surface area contributed by atoms with E-state index in [-0.39, 0.29) is 5.91 Å². The smallest absolute Gasteiger partial charge is 0.248 e. The average Bonchev–Trinajstić information content (AvgIpc) is 3.29. The molecule has 1 amide bonds. The number of tetrazole rings is 1. The molecule has 29 heavy (non-hydrogen) atoms. The van der Waals surface area contributed by atoms with Gasteiger partial charge in [0.1, 0.15) is 12.4 Å². The van der Waals surface area contributed by atoms with Crippen molar-refractivity contribution in [1.82, 2.24) is 25.1 Å². The zero-order valence-corrected chi connectivity index (χ0v) is 17.0. The number of amides is 1. The van der Waals surface area contributed by atoms with Crippen LogP contribution in [0, 0.1) is 6.92 Å². The van der Waals surface area contributed by atoms with E-state index in [0.29, 0.717) is 19.5 Å². The summed E-state index contributed by atoms with van der Waals surface area (Å²) in [6.45, 7) is 4.91. The molecule has 1 atom stereocenters. The number of anilines is 1. The van der Waals surface area contributed by atoms with Crippen LogP contribution in [0.4, 0.5) is 5.69 Å². The largest absolute Gasteiger partial charge is 0.368 e. The van der Waals surface area contributed by atoms with E-state index in [1.54, 1.807) is 4.68 Å². The normalized spacial score (nSPS) is 15.4. The van der Waals surface area contributed by atoms with E-state index in [4.69, 9.17) is 11.6 Å². The Hall–Kier alpha value is -2.93. The van der Waals surface area contributed by atoms with Gasteiger partial charge >= 0.3 is 0 Å². The van der Waals surface area contributed by atoms with Gasteiger partial charge in [0.05, 0.1) is 0 Å². The summed E-state index contributed by atoms with van der Waals surface area (Å²) >= 11 is 6.18. The number of aromatic nitrogens is 4. The van der Waals surface area contributed by atoms with Crippen LogP contribution in [0.25, 0.3) is 0 Å². The Morgan fingerprint density at radius 2 is 1.86 bits per heavy atom. The molecule has 0 spiro atoms. The number of carbonyl (C=O) groups excluding carboxylic acids is 1. The number of nitrogens with zero attached hydrogens (tertiary/aromatic N) is 6. The minimum atomic E-state index is -0.452. The maximum absolute atomic E-state index is 13.3. The van der Waals surface area contributed by atoms with Crippen molar-refractivity contribution in [3.05, 3.63) is 71.0 Å². The highest BCUT2D eigenvalue weighted by Gasteiger charge is 2.30. The monoisotopic (exact) mass is 410 g/mol. The molecule has 1 aliphatic heterocycles. The molecule has 2 heterocycles. The summed E-state index contributed by atoms with van der Waals surface area (Å²) in [4.78, 5) is 17.5. The molecule has 150 valence electrons. The summed E-state index contributed by atoms with van der Waals surface area (Å²) in [5.74, 6) is 0.0450. The summed E-state index contributed by atoms with van der Waals surface area (Å²) in [5, 5.41) is 12.2. The van der Waals surface area contributed by atoms with E-state index in [1.165, 1.54) is 11.9 Å². The zero-order chi connectivity index (χ0) is 20.2. The molecule has 0 N–H and O–H groups in total. The first-order chi connectivity index (χ1) is 14.1. The number of piperazine rings is 1. The second-order valence-electron chi connectivity index (χ2n) is 7.24. The van der Waals surface area contributed by atoms with Gasteiger partial charge in [0, 0.05) is 43.3 Å². The van der Waals surface area contributed by atoms with Gasteiger partial charge in [-0.25, -0.2) is 4.68 Å². The van der Waals surface area contributed by atoms with Crippen molar-refractivity contribution >= 4 is 23.2 Å². The van der Waals surface area contributed by atoms with Gasteiger partial charge in [-0.15, -0.1) is 5.10 Å². The highest BCUT2D eigenvalue weighted by atomic mass is 35.5. The van der Waals surface area contributed by atoms with E-state index >= 15 is 0 Å². The molecule has 7 nitrogen and oxygen atoms in total. The van der Waals surface area contributed by atoms with Crippen molar-refractivity contribution in [1.29, 1.82) is 0 Å². The van der Waals surface area contributed by atoms with E-state index in [2.05, 4.69) is 27.3 Å². The first-order valence-corrected chi connectivity index (χ1v) is 10.1. The molecule has 0 radical (unpaired) electrons. The Labute approximate surface area is 174 Å². The molecule has 2 aromatic carbocycles. The van der Waals surface area contributed by atoms with Crippen molar-refractivity contribution in [2.24, 2.45) is 0 Å². The van der Waals surface area contributed by atoms with E-state index in [1.807, 2.05) is 53.4 Å². The third-order valence-electron chi connectivity index (χ3n) is 5.34. The second kappa shape index (κ2) is 8.61. The lowest BCUT2D eigenvalue weighted by molar-refractivity contribution is -0.135. The first-order valence-electron chi connectivity index (χ1n) is 9.68. The van der Waals surface area contributed by atoms with Crippen molar-refractivity contribution in [2.45, 2.75) is 19.4 Å². The van der Waals surface area contributed by atoms with Crippen molar-refractivity contribution in [3.63, 3.8) is 0 Å². The van der Waals surface area contributed by atoms with Crippen LogP contribution >= 0.6 is 11.6 Å². The van der Waals surface area contributed by atoms with E-state index < -0.39 is 6.04 Å². The van der Waals surface area contributed by atoms with Crippen molar-refractivity contribution in [3.8, 4) is 0 Å². The Balaban J connectivity index is 1.47. The summed E-state index contributed by atoms with van der Waals surface area (Å²) in [6.07, 6.45) is 2.06. The fraction of sp³-hybridized carbons (Fsp3) is 0.333. The molecule has 1 aliphatic rings. The average molecular weight is 411 g/mol. The molecule has 0 aliphatic carbocycles. The molecule has 1 aromatic heterocycles. The van der Waals surface area contributed by atoms with Gasteiger partial charge in [0.25, 0.3) is 0 Å². The topological polar surface area (TPSA) is 67.2 Å². The van der Waals surface area contributed by atoms with Crippen LogP contribution in [-0.2, 0) is 11.2 Å². The third-order valence-corrected chi connectivity index (χ3v) is 5.58. The van der Waals surface area contributed by atoms with Crippen molar-refractivity contribution < 1.29 is 4.79 Å². The number of benzene rings is 2. The summed E-state index contributed by atoms with van der Waals surface area (Å²) in [7, 11) is 0. The Morgan fingerprint density at radius 3 is 2.55 bits per heavy atom. The van der Waals surface area contributed by atoms with Crippen LogP contribution in [0.15, 0.2) is 54.9 Å². The Kier molecular flexibility index (Phi) is 5.76. The molecule has 0 bridgehead atoms. The maximum atomic E-state index is 13.3. The third kappa shape index (κ3) is 4.40. The standard InChI is InChI=1S/C21H23ClN6O/c1-16-7-8-18(22)14-19(16)26-9-11-27(12-10-26)21(29)20(28-15-23-24-25-28)13-17-5-3-2-4-6-17/h2-8,14-15,20H,9-13H2,1H3/t20-/m1/s1. The molecule has 1 fully saturated rings. The van der Waals surface area contributed by atoms with Gasteiger partial charge in [0.15, 0.2) is 0 Å².